The van der Waals surface area contributed by atoms with E-state index >= 15 is 0 Å². The Hall–Kier alpha value is -2.92. The smallest absolute Gasteiger partial charge is 0.254 e. The van der Waals surface area contributed by atoms with Crippen molar-refractivity contribution in [3.8, 4) is 0 Å². The highest BCUT2D eigenvalue weighted by atomic mass is 16.3. The minimum atomic E-state index is -0.208. The van der Waals surface area contributed by atoms with Crippen LogP contribution >= 0.6 is 0 Å². The molecule has 10 heteroatoms. The van der Waals surface area contributed by atoms with Crippen molar-refractivity contribution in [2.45, 2.75) is 0 Å². The van der Waals surface area contributed by atoms with E-state index in [4.69, 9.17) is 20.4 Å². The van der Waals surface area contributed by atoms with Crippen LogP contribution < -0.4 is 0 Å². The fourth-order valence-corrected chi connectivity index (χ4v) is 2.47. The van der Waals surface area contributed by atoms with Gasteiger partial charge in [-0.2, -0.15) is 0 Å². The molecule has 0 unspecified atom stereocenters. The average Bonchev–Trinajstić information content (AvgIpc) is 2.79. The maximum atomic E-state index is 11.8. The lowest BCUT2D eigenvalue weighted by Crippen LogP contribution is -2.35. The van der Waals surface area contributed by atoms with Crippen LogP contribution in [0.4, 0.5) is 0 Å². The molecule has 30 heavy (non-hydrogen) atoms. The van der Waals surface area contributed by atoms with Crippen LogP contribution in [0.1, 0.15) is 20.7 Å². The second-order valence-corrected chi connectivity index (χ2v) is 5.95. The molecular formula is C20H28N4O6. The Bertz CT molecular complexity index is 657. The highest BCUT2D eigenvalue weighted by Gasteiger charge is 2.14. The standard InChI is InChI=1S/2C10H14N2O3/c2*13-7-5-12(6-8-14)10(15)9-1-3-11-4-2-9/h2*1-4,13-14H,5-8H2. The fraction of sp³-hybridized carbons (Fsp3) is 0.400. The largest absolute Gasteiger partial charge is 0.395 e. The van der Waals surface area contributed by atoms with Gasteiger partial charge >= 0.3 is 0 Å². The summed E-state index contributed by atoms with van der Waals surface area (Å²) in [4.78, 5) is 34.0. The lowest BCUT2D eigenvalue weighted by molar-refractivity contribution is 0.0680. The molecule has 10 nitrogen and oxygen atoms in total. The molecule has 2 amide bonds. The van der Waals surface area contributed by atoms with Crippen LogP contribution in [0.5, 0.6) is 0 Å². The molecule has 0 fully saturated rings. The number of hydrogen-bond donors (Lipinski definition) is 4. The zero-order valence-corrected chi connectivity index (χ0v) is 16.7. The number of amides is 2. The van der Waals surface area contributed by atoms with E-state index in [0.29, 0.717) is 11.1 Å². The van der Waals surface area contributed by atoms with Gasteiger partial charge in [0.1, 0.15) is 0 Å². The van der Waals surface area contributed by atoms with E-state index in [1.54, 1.807) is 24.3 Å². The highest BCUT2D eigenvalue weighted by Crippen LogP contribution is 2.03. The molecule has 2 rings (SSSR count). The first kappa shape index (κ1) is 25.1. The van der Waals surface area contributed by atoms with Crippen molar-refractivity contribution in [1.82, 2.24) is 19.8 Å². The number of pyridine rings is 2. The SMILES string of the molecule is O=C(c1ccncc1)N(CCO)CCO.O=C(c1ccncc1)N(CCO)CCO. The quantitative estimate of drug-likeness (QED) is 0.383. The third kappa shape index (κ3) is 8.62. The van der Waals surface area contributed by atoms with Crippen LogP contribution in [-0.2, 0) is 0 Å². The minimum absolute atomic E-state index is 0.114. The Labute approximate surface area is 175 Å². The minimum Gasteiger partial charge on any atom is -0.395 e. The maximum absolute atomic E-state index is 11.8. The lowest BCUT2D eigenvalue weighted by Gasteiger charge is -2.20. The number of hydrogen-bond acceptors (Lipinski definition) is 8. The molecule has 0 bridgehead atoms. The van der Waals surface area contributed by atoms with Crippen molar-refractivity contribution in [3.63, 3.8) is 0 Å². The van der Waals surface area contributed by atoms with Crippen LogP contribution in [0.2, 0.25) is 0 Å². The fourth-order valence-electron chi connectivity index (χ4n) is 2.47. The Morgan fingerprint density at radius 1 is 0.600 bits per heavy atom. The molecule has 4 N–H and O–H groups in total. The van der Waals surface area contributed by atoms with Crippen LogP contribution in [0.15, 0.2) is 49.1 Å². The molecule has 0 aliphatic carbocycles. The van der Waals surface area contributed by atoms with E-state index in [1.807, 2.05) is 0 Å². The first-order valence-corrected chi connectivity index (χ1v) is 9.41. The normalized spacial score (nSPS) is 10.0. The van der Waals surface area contributed by atoms with Gasteiger partial charge in [-0.15, -0.1) is 0 Å². The van der Waals surface area contributed by atoms with Crippen molar-refractivity contribution in [1.29, 1.82) is 0 Å². The molecule has 0 aliphatic rings. The van der Waals surface area contributed by atoms with Gasteiger partial charge in [-0.1, -0.05) is 0 Å². The Morgan fingerprint density at radius 3 is 1.10 bits per heavy atom. The zero-order chi connectivity index (χ0) is 22.2. The Morgan fingerprint density at radius 2 is 0.867 bits per heavy atom. The van der Waals surface area contributed by atoms with Gasteiger partial charge in [-0.05, 0) is 24.3 Å². The summed E-state index contributed by atoms with van der Waals surface area (Å²) in [5.41, 5.74) is 1.01. The molecule has 0 spiro atoms. The summed E-state index contributed by atoms with van der Waals surface area (Å²) in [7, 11) is 0. The number of aliphatic hydroxyl groups is 4. The van der Waals surface area contributed by atoms with E-state index in [9.17, 15) is 9.59 Å². The van der Waals surface area contributed by atoms with Crippen molar-refractivity contribution in [2.75, 3.05) is 52.6 Å². The van der Waals surface area contributed by atoms with Gasteiger partial charge in [0.05, 0.1) is 26.4 Å². The van der Waals surface area contributed by atoms with Gasteiger partial charge < -0.3 is 30.2 Å². The highest BCUT2D eigenvalue weighted by molar-refractivity contribution is 5.94. The summed E-state index contributed by atoms with van der Waals surface area (Å²) in [5, 5.41) is 35.1. The number of carbonyl (C=O) groups excluding carboxylic acids is 2. The molecular weight excluding hydrogens is 392 g/mol. The van der Waals surface area contributed by atoms with Gasteiger partial charge in [-0.3, -0.25) is 19.6 Å². The van der Waals surface area contributed by atoms with Gasteiger partial charge in [-0.25, -0.2) is 0 Å². The van der Waals surface area contributed by atoms with Crippen LogP contribution in [0.25, 0.3) is 0 Å². The summed E-state index contributed by atoms with van der Waals surface area (Å²) in [6, 6.07) is 6.41. The predicted molar refractivity (Wildman–Crippen MR) is 109 cm³/mol. The summed E-state index contributed by atoms with van der Waals surface area (Å²) in [6.07, 6.45) is 6.12. The molecule has 0 aromatic carbocycles. The van der Waals surface area contributed by atoms with E-state index in [1.165, 1.54) is 34.6 Å². The summed E-state index contributed by atoms with van der Waals surface area (Å²) >= 11 is 0. The third-order valence-corrected chi connectivity index (χ3v) is 3.91. The van der Waals surface area contributed by atoms with Crippen molar-refractivity contribution >= 4 is 11.8 Å². The van der Waals surface area contributed by atoms with Gasteiger partial charge in [0.25, 0.3) is 11.8 Å². The van der Waals surface area contributed by atoms with Gasteiger partial charge in [0.15, 0.2) is 0 Å². The number of nitrogens with zero attached hydrogens (tertiary/aromatic N) is 4. The van der Waals surface area contributed by atoms with E-state index < -0.39 is 0 Å². The van der Waals surface area contributed by atoms with Crippen molar-refractivity contribution < 1.29 is 30.0 Å². The number of carbonyl (C=O) groups is 2. The second-order valence-electron chi connectivity index (χ2n) is 5.95. The second kappa shape index (κ2) is 15.0. The van der Waals surface area contributed by atoms with Crippen LogP contribution in [0.3, 0.4) is 0 Å². The molecule has 0 saturated carbocycles. The first-order chi connectivity index (χ1) is 14.6. The topological polar surface area (TPSA) is 147 Å². The van der Waals surface area contributed by atoms with Crippen molar-refractivity contribution in [2.24, 2.45) is 0 Å². The first-order valence-electron chi connectivity index (χ1n) is 9.41. The molecule has 2 aromatic rings. The Balaban J connectivity index is 0.000000300. The average molecular weight is 420 g/mol. The van der Waals surface area contributed by atoms with Gasteiger partial charge in [0, 0.05) is 62.1 Å². The van der Waals surface area contributed by atoms with Crippen molar-refractivity contribution in [3.05, 3.63) is 60.2 Å². The summed E-state index contributed by atoms with van der Waals surface area (Å²) < 4.78 is 0. The van der Waals surface area contributed by atoms with Crippen LogP contribution in [0, 0.1) is 0 Å². The van der Waals surface area contributed by atoms with Crippen LogP contribution in [-0.4, -0.2) is 105 Å². The number of aliphatic hydroxyl groups excluding tert-OH is 4. The molecule has 0 aliphatic heterocycles. The van der Waals surface area contributed by atoms with E-state index in [0.717, 1.165) is 0 Å². The molecule has 164 valence electrons. The number of rotatable bonds is 10. The molecule has 2 aromatic heterocycles. The monoisotopic (exact) mass is 420 g/mol. The molecule has 0 saturated heterocycles. The predicted octanol–water partition coefficient (Wildman–Crippen LogP) is -0.983. The van der Waals surface area contributed by atoms with Gasteiger partial charge in [0.2, 0.25) is 0 Å². The molecule has 2 heterocycles. The summed E-state index contributed by atoms with van der Waals surface area (Å²) in [6.45, 7) is 0.439. The van der Waals surface area contributed by atoms with E-state index in [2.05, 4.69) is 9.97 Å². The molecule has 0 atom stereocenters. The lowest BCUT2D eigenvalue weighted by atomic mass is 10.2. The number of aromatic nitrogens is 2. The third-order valence-electron chi connectivity index (χ3n) is 3.91. The summed E-state index contributed by atoms with van der Waals surface area (Å²) in [5.74, 6) is -0.416. The Kier molecular flexibility index (Phi) is 12.6. The van der Waals surface area contributed by atoms with E-state index in [-0.39, 0.29) is 64.4 Å². The molecule has 0 radical (unpaired) electrons. The maximum Gasteiger partial charge on any atom is 0.254 e. The zero-order valence-electron chi connectivity index (χ0n) is 16.7.